The second kappa shape index (κ2) is 5.07. The zero-order valence-corrected chi connectivity index (χ0v) is 16.4. The van der Waals surface area contributed by atoms with Crippen LogP contribution in [0.2, 0.25) is 0 Å². The predicted molar refractivity (Wildman–Crippen MR) is 97.5 cm³/mol. The molecule has 1 aliphatic carbocycles. The second-order valence-corrected chi connectivity index (χ2v) is 9.58. The summed E-state index contributed by atoms with van der Waals surface area (Å²) in [6.07, 6.45) is 2.10. The third-order valence-electron chi connectivity index (χ3n) is 7.16. The molecule has 3 atom stereocenters. The molecule has 5 rings (SSSR count). The summed E-state index contributed by atoms with van der Waals surface area (Å²) in [6, 6.07) is 0.0165. The van der Waals surface area contributed by atoms with Crippen LogP contribution in [0.3, 0.4) is 0 Å². The molecule has 2 fully saturated rings. The van der Waals surface area contributed by atoms with Crippen LogP contribution < -0.4 is 5.32 Å². The lowest BCUT2D eigenvalue weighted by molar-refractivity contribution is -0.174. The molecule has 5 aliphatic rings. The number of fused-ring (bicyclic) bond motifs is 2. The number of nitrogens with one attached hydrogen (secondary N) is 1. The Kier molecular flexibility index (Phi) is 3.21. The van der Waals surface area contributed by atoms with Gasteiger partial charge in [-0.15, -0.1) is 5.11 Å². The van der Waals surface area contributed by atoms with Gasteiger partial charge in [0.1, 0.15) is 5.60 Å². The molecule has 0 unspecified atom stereocenters. The minimum Gasteiger partial charge on any atom is -0.370 e. The topological polar surface area (TPSA) is 83.4 Å². The zero-order chi connectivity index (χ0) is 19.2. The third kappa shape index (κ3) is 2.12. The summed E-state index contributed by atoms with van der Waals surface area (Å²) in [5.41, 5.74) is 2.06. The van der Waals surface area contributed by atoms with Gasteiger partial charge in [-0.3, -0.25) is 9.59 Å². The number of azo groups is 1. The van der Waals surface area contributed by atoms with E-state index in [9.17, 15) is 9.59 Å². The first-order chi connectivity index (χ1) is 12.7. The fourth-order valence-electron chi connectivity index (χ4n) is 5.78. The number of carbonyl (C=O) groups excluding carboxylic acids is 2. The Morgan fingerprint density at radius 1 is 1.33 bits per heavy atom. The first-order valence-electron chi connectivity index (χ1n) is 9.74. The van der Waals surface area contributed by atoms with Crippen molar-refractivity contribution in [1.82, 2.24) is 10.2 Å². The Labute approximate surface area is 158 Å². The fourth-order valence-corrected chi connectivity index (χ4v) is 5.78. The maximum atomic E-state index is 13.3. The Hall–Kier alpha value is -2.02. The number of rotatable bonds is 0. The Balaban J connectivity index is 1.58. The van der Waals surface area contributed by atoms with E-state index in [0.29, 0.717) is 26.1 Å². The van der Waals surface area contributed by atoms with Crippen LogP contribution in [0.25, 0.3) is 0 Å². The highest BCUT2D eigenvalue weighted by Gasteiger charge is 2.65. The van der Waals surface area contributed by atoms with Crippen LogP contribution in [-0.4, -0.2) is 47.9 Å². The van der Waals surface area contributed by atoms with E-state index in [1.807, 2.05) is 11.8 Å². The summed E-state index contributed by atoms with van der Waals surface area (Å²) in [5, 5.41) is 12.0. The molecule has 0 aromatic rings. The molecular formula is C20H26N4O3. The molecule has 144 valence electrons. The minimum atomic E-state index is -0.454. The average molecular weight is 370 g/mol. The normalized spacial score (nSPS) is 39.0. The van der Waals surface area contributed by atoms with Crippen molar-refractivity contribution in [1.29, 1.82) is 0 Å². The number of likely N-dealkylation sites (tertiary alicyclic amines) is 1. The molecule has 2 saturated heterocycles. The van der Waals surface area contributed by atoms with Crippen molar-refractivity contribution in [3.8, 4) is 0 Å². The molecule has 1 amide bonds. The Morgan fingerprint density at radius 3 is 2.81 bits per heavy atom. The lowest BCUT2D eigenvalue weighted by Gasteiger charge is -2.54. The van der Waals surface area contributed by atoms with Gasteiger partial charge in [0.15, 0.2) is 11.6 Å². The highest BCUT2D eigenvalue weighted by Crippen LogP contribution is 2.59. The van der Waals surface area contributed by atoms with Crippen molar-refractivity contribution < 1.29 is 14.3 Å². The molecule has 0 bridgehead atoms. The van der Waals surface area contributed by atoms with Crippen molar-refractivity contribution in [3.63, 3.8) is 0 Å². The van der Waals surface area contributed by atoms with E-state index in [2.05, 4.69) is 29.4 Å². The van der Waals surface area contributed by atoms with Crippen LogP contribution in [0, 0.1) is 10.8 Å². The Bertz CT molecular complexity index is 870. The molecule has 0 aromatic carbocycles. The number of carbonyl (C=O) groups is 2. The highest BCUT2D eigenvalue weighted by atomic mass is 16.5. The van der Waals surface area contributed by atoms with Gasteiger partial charge in [0.05, 0.1) is 31.2 Å². The summed E-state index contributed by atoms with van der Waals surface area (Å²) >= 11 is 0. The van der Waals surface area contributed by atoms with E-state index in [1.54, 1.807) is 6.92 Å². The number of hydrogen-bond donors (Lipinski definition) is 1. The number of nitrogens with zero attached hydrogens (tertiary/aromatic N) is 3. The van der Waals surface area contributed by atoms with Crippen molar-refractivity contribution in [2.24, 2.45) is 21.1 Å². The fraction of sp³-hybridized carbons (Fsp3) is 0.700. The van der Waals surface area contributed by atoms with E-state index >= 15 is 0 Å². The third-order valence-corrected chi connectivity index (χ3v) is 7.16. The quantitative estimate of drug-likeness (QED) is 0.709. The van der Waals surface area contributed by atoms with Gasteiger partial charge in [0.2, 0.25) is 5.91 Å². The first-order valence-corrected chi connectivity index (χ1v) is 9.74. The molecule has 27 heavy (non-hydrogen) atoms. The molecular weight excluding hydrogens is 344 g/mol. The van der Waals surface area contributed by atoms with Crippen LogP contribution in [0.5, 0.6) is 0 Å². The van der Waals surface area contributed by atoms with Gasteiger partial charge in [-0.1, -0.05) is 13.8 Å². The number of dihydropyridines is 1. The largest absolute Gasteiger partial charge is 0.370 e. The molecule has 0 aromatic heterocycles. The van der Waals surface area contributed by atoms with Crippen LogP contribution in [-0.2, 0) is 14.3 Å². The smallest absolute Gasteiger partial charge is 0.219 e. The standard InChI is InChI=1S/C20H26N4O3/c1-11-20(9-24(11)12(2)25)8-19(10-27-20)13-7-21-23-17(13)22-14-5-18(3,4)6-15(26)16(14)19/h11,22H,5-10H2,1-4H3/t11-,19+,20-/m0/s1. The molecule has 4 heterocycles. The summed E-state index contributed by atoms with van der Waals surface area (Å²) in [4.78, 5) is 26.9. The second-order valence-electron chi connectivity index (χ2n) is 9.58. The van der Waals surface area contributed by atoms with Gasteiger partial charge in [0, 0.05) is 30.2 Å². The number of ether oxygens (including phenoxy) is 1. The van der Waals surface area contributed by atoms with Crippen molar-refractivity contribution >= 4 is 11.7 Å². The SMILES string of the molecule is CC(=O)N1C[C@@]2(C[C@@]3(CO2)C2=C(N=NC2)NC2=C3C(=O)CC(C)(C)C2)[C@@H]1C. The van der Waals surface area contributed by atoms with E-state index in [0.717, 1.165) is 35.5 Å². The van der Waals surface area contributed by atoms with Gasteiger partial charge in [-0.25, -0.2) is 0 Å². The summed E-state index contributed by atoms with van der Waals surface area (Å²) in [7, 11) is 0. The molecule has 7 heteroatoms. The van der Waals surface area contributed by atoms with Gasteiger partial charge >= 0.3 is 0 Å². The average Bonchev–Trinajstić information content (AvgIpc) is 3.18. The summed E-state index contributed by atoms with van der Waals surface area (Å²) < 4.78 is 6.39. The zero-order valence-electron chi connectivity index (χ0n) is 16.4. The maximum absolute atomic E-state index is 13.3. The van der Waals surface area contributed by atoms with Crippen LogP contribution in [0.4, 0.5) is 0 Å². The molecule has 4 aliphatic heterocycles. The van der Waals surface area contributed by atoms with E-state index in [4.69, 9.17) is 4.74 Å². The molecule has 1 N–H and O–H groups in total. The van der Waals surface area contributed by atoms with Gasteiger partial charge in [0.25, 0.3) is 0 Å². The van der Waals surface area contributed by atoms with Crippen LogP contribution in [0.1, 0.15) is 47.0 Å². The van der Waals surface area contributed by atoms with E-state index in [-0.39, 0.29) is 28.7 Å². The lowest BCUT2D eigenvalue weighted by atomic mass is 9.60. The summed E-state index contributed by atoms with van der Waals surface area (Å²) in [6.45, 7) is 9.49. The van der Waals surface area contributed by atoms with Crippen LogP contribution >= 0.6 is 0 Å². The van der Waals surface area contributed by atoms with Gasteiger partial charge < -0.3 is 15.0 Å². The van der Waals surface area contributed by atoms with Gasteiger partial charge in [-0.2, -0.15) is 5.11 Å². The van der Waals surface area contributed by atoms with Crippen molar-refractivity contribution in [3.05, 3.63) is 22.7 Å². The van der Waals surface area contributed by atoms with Crippen molar-refractivity contribution in [2.45, 2.75) is 58.6 Å². The number of Topliss-reactive ketones (excluding diaryl/α,β-unsaturated/α-hetero) is 1. The number of amides is 1. The van der Waals surface area contributed by atoms with Crippen LogP contribution in [0.15, 0.2) is 32.9 Å². The molecule has 0 saturated carbocycles. The molecule has 7 nitrogen and oxygen atoms in total. The first kappa shape index (κ1) is 17.1. The van der Waals surface area contributed by atoms with E-state index in [1.165, 1.54) is 0 Å². The highest BCUT2D eigenvalue weighted by molar-refractivity contribution is 6.00. The predicted octanol–water partition coefficient (Wildman–Crippen LogP) is 2.31. The maximum Gasteiger partial charge on any atom is 0.219 e. The number of allylic oxidation sites excluding steroid dienone is 1. The van der Waals surface area contributed by atoms with E-state index < -0.39 is 5.41 Å². The van der Waals surface area contributed by atoms with Crippen molar-refractivity contribution in [2.75, 3.05) is 19.7 Å². The molecule has 2 spiro atoms. The minimum absolute atomic E-state index is 0.0165. The monoisotopic (exact) mass is 370 g/mol. The lowest BCUT2D eigenvalue weighted by Crippen LogP contribution is -2.69. The number of hydrogen-bond acceptors (Lipinski definition) is 6. The van der Waals surface area contributed by atoms with Gasteiger partial charge in [-0.05, 0) is 25.2 Å². The molecule has 0 radical (unpaired) electrons. The summed E-state index contributed by atoms with van der Waals surface area (Å²) in [5.74, 6) is 1.09. The number of ketones is 1. The Morgan fingerprint density at radius 2 is 2.11 bits per heavy atom.